The molecule has 0 saturated carbocycles. The number of hydrogen-bond donors (Lipinski definition) is 1. The first kappa shape index (κ1) is 17.1. The summed E-state index contributed by atoms with van der Waals surface area (Å²) in [5.74, 6) is -0.305. The largest absolute Gasteiger partial charge is 0.298 e. The van der Waals surface area contributed by atoms with Gasteiger partial charge in [-0.15, -0.1) is 11.3 Å². The van der Waals surface area contributed by atoms with Crippen LogP contribution in [-0.2, 0) is 10.0 Å². The lowest BCUT2D eigenvalue weighted by molar-refractivity contribution is 0.102. The molecule has 1 aliphatic rings. The number of nitrogens with one attached hydrogen (secondary N) is 1. The van der Waals surface area contributed by atoms with Crippen molar-refractivity contribution in [3.63, 3.8) is 0 Å². The molecule has 1 atom stereocenters. The summed E-state index contributed by atoms with van der Waals surface area (Å²) in [5.41, 5.74) is 0.399. The summed E-state index contributed by atoms with van der Waals surface area (Å²) in [7, 11) is -3.51. The van der Waals surface area contributed by atoms with Crippen molar-refractivity contribution >= 4 is 32.4 Å². The van der Waals surface area contributed by atoms with Gasteiger partial charge in [-0.3, -0.25) is 10.1 Å². The van der Waals surface area contributed by atoms with Crippen molar-refractivity contribution in [2.24, 2.45) is 0 Å². The molecule has 2 heterocycles. The van der Waals surface area contributed by atoms with E-state index in [1.54, 1.807) is 15.9 Å². The summed E-state index contributed by atoms with van der Waals surface area (Å²) < 4.78 is 27.1. The van der Waals surface area contributed by atoms with Crippen LogP contribution in [0.2, 0.25) is 0 Å². The number of hydrogen-bond acceptors (Lipinski definition) is 5. The van der Waals surface area contributed by atoms with Gasteiger partial charge in [0.2, 0.25) is 10.0 Å². The van der Waals surface area contributed by atoms with Crippen molar-refractivity contribution in [2.45, 2.75) is 37.1 Å². The summed E-state index contributed by atoms with van der Waals surface area (Å²) in [6, 6.07) is 6.06. The highest BCUT2D eigenvalue weighted by Crippen LogP contribution is 2.25. The first-order valence-electron chi connectivity index (χ1n) is 7.81. The SMILES string of the molecule is C[C@@H]1CCCCN1S(=O)(=O)c1ccc(C(=O)Nc2nccs2)cc1. The highest BCUT2D eigenvalue weighted by molar-refractivity contribution is 7.89. The third-order valence-electron chi connectivity index (χ3n) is 4.12. The molecular weight excluding hydrogens is 346 g/mol. The molecule has 0 radical (unpaired) electrons. The molecule has 1 fully saturated rings. The van der Waals surface area contributed by atoms with Crippen molar-refractivity contribution < 1.29 is 13.2 Å². The number of anilines is 1. The van der Waals surface area contributed by atoms with E-state index < -0.39 is 10.0 Å². The van der Waals surface area contributed by atoms with Gasteiger partial charge in [0.05, 0.1) is 4.90 Å². The van der Waals surface area contributed by atoms with Gasteiger partial charge in [-0.05, 0) is 44.0 Å². The number of piperidine rings is 1. The number of carbonyl (C=O) groups is 1. The molecule has 1 N–H and O–H groups in total. The highest BCUT2D eigenvalue weighted by atomic mass is 32.2. The van der Waals surface area contributed by atoms with Gasteiger partial charge in [0.25, 0.3) is 5.91 Å². The molecule has 1 amide bonds. The van der Waals surface area contributed by atoms with Crippen LogP contribution in [0.3, 0.4) is 0 Å². The lowest BCUT2D eigenvalue weighted by Gasteiger charge is -2.32. The second kappa shape index (κ2) is 7.00. The predicted octanol–water partition coefficient (Wildman–Crippen LogP) is 2.96. The minimum absolute atomic E-state index is 0.0108. The van der Waals surface area contributed by atoms with Crippen LogP contribution in [0, 0.1) is 0 Å². The Hall–Kier alpha value is -1.77. The van der Waals surface area contributed by atoms with Gasteiger partial charge in [-0.2, -0.15) is 4.31 Å². The van der Waals surface area contributed by atoms with Crippen molar-refractivity contribution in [3.05, 3.63) is 41.4 Å². The molecule has 6 nitrogen and oxygen atoms in total. The van der Waals surface area contributed by atoms with Crippen LogP contribution in [0.25, 0.3) is 0 Å². The van der Waals surface area contributed by atoms with Crippen LogP contribution in [0.5, 0.6) is 0 Å². The monoisotopic (exact) mass is 365 g/mol. The minimum Gasteiger partial charge on any atom is -0.298 e. The van der Waals surface area contributed by atoms with E-state index in [-0.39, 0.29) is 16.8 Å². The molecule has 8 heteroatoms. The number of aromatic nitrogens is 1. The van der Waals surface area contributed by atoms with Crippen molar-refractivity contribution in [1.29, 1.82) is 0 Å². The second-order valence-corrected chi connectivity index (χ2v) is 8.56. The molecule has 24 heavy (non-hydrogen) atoms. The van der Waals surface area contributed by atoms with Crippen LogP contribution in [0.1, 0.15) is 36.5 Å². The van der Waals surface area contributed by atoms with Gasteiger partial charge >= 0.3 is 0 Å². The standard InChI is InChI=1S/C16H19N3O3S2/c1-12-4-2-3-10-19(12)24(21,22)14-7-5-13(6-8-14)15(20)18-16-17-9-11-23-16/h5-9,11-12H,2-4,10H2,1H3,(H,17,18,20)/t12-/m1/s1. The number of sulfonamides is 1. The van der Waals surface area contributed by atoms with E-state index in [0.29, 0.717) is 17.2 Å². The molecule has 0 spiro atoms. The predicted molar refractivity (Wildman–Crippen MR) is 93.7 cm³/mol. The summed E-state index contributed by atoms with van der Waals surface area (Å²) in [4.78, 5) is 16.3. The topological polar surface area (TPSA) is 79.4 Å². The smallest absolute Gasteiger partial charge is 0.257 e. The van der Waals surface area contributed by atoms with E-state index in [9.17, 15) is 13.2 Å². The van der Waals surface area contributed by atoms with Crippen LogP contribution < -0.4 is 5.32 Å². The Balaban J connectivity index is 1.77. The number of rotatable bonds is 4. The number of amides is 1. The molecule has 0 bridgehead atoms. The fraction of sp³-hybridized carbons (Fsp3) is 0.375. The zero-order chi connectivity index (χ0) is 17.2. The number of thiazole rings is 1. The first-order chi connectivity index (χ1) is 11.5. The molecule has 3 rings (SSSR count). The van der Waals surface area contributed by atoms with E-state index in [0.717, 1.165) is 19.3 Å². The summed E-state index contributed by atoms with van der Waals surface area (Å²) in [5, 5.41) is 4.96. The lowest BCUT2D eigenvalue weighted by atomic mass is 10.1. The van der Waals surface area contributed by atoms with Gasteiger partial charge in [-0.1, -0.05) is 6.42 Å². The maximum atomic E-state index is 12.8. The molecule has 1 aromatic carbocycles. The molecule has 1 aromatic heterocycles. The molecule has 0 aliphatic carbocycles. The molecule has 0 unspecified atom stereocenters. The van der Waals surface area contributed by atoms with Crippen molar-refractivity contribution in [2.75, 3.05) is 11.9 Å². The molecule has 2 aromatic rings. The summed E-state index contributed by atoms with van der Waals surface area (Å²) in [6.45, 7) is 2.49. The zero-order valence-electron chi connectivity index (χ0n) is 13.3. The molecule has 128 valence electrons. The zero-order valence-corrected chi connectivity index (χ0v) is 14.9. The van der Waals surface area contributed by atoms with Gasteiger partial charge < -0.3 is 0 Å². The van der Waals surface area contributed by atoms with Crippen molar-refractivity contribution in [1.82, 2.24) is 9.29 Å². The fourth-order valence-electron chi connectivity index (χ4n) is 2.80. The highest BCUT2D eigenvalue weighted by Gasteiger charge is 2.30. The molecular formula is C16H19N3O3S2. The van der Waals surface area contributed by atoms with Crippen LogP contribution in [0.4, 0.5) is 5.13 Å². The Bertz CT molecular complexity index is 802. The lowest BCUT2D eigenvalue weighted by Crippen LogP contribution is -2.41. The van der Waals surface area contributed by atoms with Gasteiger partial charge in [0, 0.05) is 29.7 Å². The van der Waals surface area contributed by atoms with Crippen LogP contribution in [-0.4, -0.2) is 36.2 Å². The Kier molecular flexibility index (Phi) is 4.98. The van der Waals surface area contributed by atoms with E-state index in [2.05, 4.69) is 10.3 Å². The van der Waals surface area contributed by atoms with E-state index >= 15 is 0 Å². The third kappa shape index (κ3) is 3.50. The maximum Gasteiger partial charge on any atom is 0.257 e. The average Bonchev–Trinajstić information content (AvgIpc) is 3.08. The third-order valence-corrected chi connectivity index (χ3v) is 6.83. The fourth-order valence-corrected chi connectivity index (χ4v) is 5.02. The average molecular weight is 365 g/mol. The maximum absolute atomic E-state index is 12.8. The Morgan fingerprint density at radius 2 is 2.04 bits per heavy atom. The second-order valence-electron chi connectivity index (χ2n) is 5.78. The first-order valence-corrected chi connectivity index (χ1v) is 10.1. The normalized spacial score (nSPS) is 19.1. The van der Waals surface area contributed by atoms with E-state index in [1.807, 2.05) is 6.92 Å². The Morgan fingerprint density at radius 3 is 2.67 bits per heavy atom. The Morgan fingerprint density at radius 1 is 1.29 bits per heavy atom. The van der Waals surface area contributed by atoms with Crippen molar-refractivity contribution in [3.8, 4) is 0 Å². The van der Waals surface area contributed by atoms with E-state index in [4.69, 9.17) is 0 Å². The van der Waals surface area contributed by atoms with Gasteiger partial charge in [0.1, 0.15) is 0 Å². The van der Waals surface area contributed by atoms with E-state index in [1.165, 1.54) is 35.6 Å². The summed E-state index contributed by atoms with van der Waals surface area (Å²) >= 11 is 1.33. The Labute approximate surface area is 145 Å². The minimum atomic E-state index is -3.51. The molecule has 1 aliphatic heterocycles. The number of nitrogens with zero attached hydrogens (tertiary/aromatic N) is 2. The van der Waals surface area contributed by atoms with Crippen LogP contribution in [0.15, 0.2) is 40.7 Å². The summed E-state index contributed by atoms with van der Waals surface area (Å²) in [6.07, 6.45) is 4.43. The number of benzene rings is 1. The van der Waals surface area contributed by atoms with Gasteiger partial charge in [0.15, 0.2) is 5.13 Å². The van der Waals surface area contributed by atoms with Gasteiger partial charge in [-0.25, -0.2) is 13.4 Å². The number of carbonyl (C=O) groups excluding carboxylic acids is 1. The quantitative estimate of drug-likeness (QED) is 0.903. The van der Waals surface area contributed by atoms with Crippen LogP contribution >= 0.6 is 11.3 Å². The molecule has 1 saturated heterocycles.